The van der Waals surface area contributed by atoms with Crippen molar-refractivity contribution in [2.45, 2.75) is 20.8 Å². The van der Waals surface area contributed by atoms with Crippen molar-refractivity contribution in [3.05, 3.63) is 11.3 Å². The number of hydrogen-bond donors (Lipinski definition) is 2. The van der Waals surface area contributed by atoms with Crippen LogP contribution in [0, 0.1) is 6.92 Å². The molecule has 0 saturated heterocycles. The summed E-state index contributed by atoms with van der Waals surface area (Å²) in [5.74, 6) is -0.604. The molecular formula is C10H16N4O2. The van der Waals surface area contributed by atoms with Crippen LogP contribution < -0.4 is 10.6 Å². The van der Waals surface area contributed by atoms with Gasteiger partial charge in [0.25, 0.3) is 0 Å². The Morgan fingerprint density at radius 2 is 1.94 bits per heavy atom. The van der Waals surface area contributed by atoms with Crippen LogP contribution in [0.2, 0.25) is 0 Å². The molecule has 0 aliphatic rings. The lowest BCUT2D eigenvalue weighted by atomic mass is 10.2. The van der Waals surface area contributed by atoms with Crippen molar-refractivity contribution in [3.8, 4) is 0 Å². The summed E-state index contributed by atoms with van der Waals surface area (Å²) in [6, 6.07) is 0. The molecule has 0 radical (unpaired) electrons. The first-order valence-corrected chi connectivity index (χ1v) is 5.13. The Morgan fingerprint density at radius 3 is 2.31 bits per heavy atom. The minimum atomic E-state index is -1.10. The van der Waals surface area contributed by atoms with Gasteiger partial charge in [0.15, 0.2) is 0 Å². The lowest BCUT2D eigenvalue weighted by Crippen LogP contribution is -2.25. The molecule has 0 aliphatic carbocycles. The van der Waals surface area contributed by atoms with E-state index in [1.54, 1.807) is 6.92 Å². The molecule has 0 amide bonds. The number of aromatic nitrogens is 2. The van der Waals surface area contributed by atoms with E-state index in [4.69, 9.17) is 10.8 Å². The molecule has 0 aliphatic heterocycles. The number of nitrogens with zero attached hydrogens (tertiary/aromatic N) is 3. The highest BCUT2D eigenvalue weighted by molar-refractivity contribution is 5.93. The van der Waals surface area contributed by atoms with E-state index in [9.17, 15) is 4.79 Å². The molecule has 0 bridgehead atoms. The first kappa shape index (κ1) is 12.2. The van der Waals surface area contributed by atoms with Crippen LogP contribution >= 0.6 is 0 Å². The van der Waals surface area contributed by atoms with Crippen LogP contribution in [0.15, 0.2) is 0 Å². The Hall–Kier alpha value is -1.85. The number of carboxylic acid groups (broad SMARTS) is 1. The zero-order valence-electron chi connectivity index (χ0n) is 9.69. The van der Waals surface area contributed by atoms with Crippen LogP contribution in [-0.2, 0) is 0 Å². The SMILES string of the molecule is CCN(CC)c1nc(C)c(C(=O)O)c(N)n1. The lowest BCUT2D eigenvalue weighted by Gasteiger charge is -2.19. The van der Waals surface area contributed by atoms with Crippen molar-refractivity contribution in [1.82, 2.24) is 9.97 Å². The van der Waals surface area contributed by atoms with Crippen LogP contribution in [0.3, 0.4) is 0 Å². The Kier molecular flexibility index (Phi) is 3.65. The Balaban J connectivity index is 3.23. The van der Waals surface area contributed by atoms with E-state index in [1.165, 1.54) is 0 Å². The number of carbonyl (C=O) groups is 1. The van der Waals surface area contributed by atoms with Gasteiger partial charge < -0.3 is 15.7 Å². The monoisotopic (exact) mass is 224 g/mol. The maximum atomic E-state index is 10.9. The summed E-state index contributed by atoms with van der Waals surface area (Å²) >= 11 is 0. The number of aromatic carboxylic acids is 1. The number of aryl methyl sites for hydroxylation is 1. The number of carboxylic acids is 1. The molecule has 0 spiro atoms. The third kappa shape index (κ3) is 2.21. The number of hydrogen-bond acceptors (Lipinski definition) is 5. The number of nitrogen functional groups attached to an aromatic ring is 1. The average molecular weight is 224 g/mol. The van der Waals surface area contributed by atoms with Gasteiger partial charge in [-0.25, -0.2) is 9.78 Å². The van der Waals surface area contributed by atoms with Gasteiger partial charge in [-0.15, -0.1) is 0 Å². The van der Waals surface area contributed by atoms with Gasteiger partial charge in [-0.3, -0.25) is 0 Å². The molecule has 0 unspecified atom stereocenters. The molecule has 88 valence electrons. The van der Waals surface area contributed by atoms with Crippen molar-refractivity contribution < 1.29 is 9.90 Å². The van der Waals surface area contributed by atoms with E-state index >= 15 is 0 Å². The van der Waals surface area contributed by atoms with E-state index in [0.717, 1.165) is 13.1 Å². The third-order valence-corrected chi connectivity index (χ3v) is 2.37. The molecule has 16 heavy (non-hydrogen) atoms. The number of rotatable bonds is 4. The Labute approximate surface area is 94.1 Å². The highest BCUT2D eigenvalue weighted by atomic mass is 16.4. The second-order valence-electron chi connectivity index (χ2n) is 3.35. The molecule has 0 fully saturated rings. The summed E-state index contributed by atoms with van der Waals surface area (Å²) < 4.78 is 0. The minimum Gasteiger partial charge on any atom is -0.477 e. The molecule has 0 aromatic carbocycles. The topological polar surface area (TPSA) is 92.3 Å². The fraction of sp³-hybridized carbons (Fsp3) is 0.500. The average Bonchev–Trinajstić information content (AvgIpc) is 2.17. The van der Waals surface area contributed by atoms with E-state index in [2.05, 4.69) is 9.97 Å². The van der Waals surface area contributed by atoms with Gasteiger partial charge in [0.05, 0.1) is 5.69 Å². The predicted molar refractivity (Wildman–Crippen MR) is 61.7 cm³/mol. The van der Waals surface area contributed by atoms with Crippen molar-refractivity contribution in [2.75, 3.05) is 23.7 Å². The molecule has 0 atom stereocenters. The standard InChI is InChI=1S/C10H16N4O2/c1-4-14(5-2)10-12-6(3)7(9(15)16)8(11)13-10/h4-5H2,1-3H3,(H,15,16)(H2,11,12,13). The summed E-state index contributed by atoms with van der Waals surface area (Å²) in [6.07, 6.45) is 0. The van der Waals surface area contributed by atoms with E-state index in [1.807, 2.05) is 18.7 Å². The summed E-state index contributed by atoms with van der Waals surface area (Å²) in [7, 11) is 0. The zero-order chi connectivity index (χ0) is 12.3. The van der Waals surface area contributed by atoms with E-state index in [-0.39, 0.29) is 11.4 Å². The van der Waals surface area contributed by atoms with Crippen LogP contribution in [-0.4, -0.2) is 34.1 Å². The molecule has 0 saturated carbocycles. The van der Waals surface area contributed by atoms with Crippen molar-refractivity contribution in [1.29, 1.82) is 0 Å². The second kappa shape index (κ2) is 4.78. The first-order valence-electron chi connectivity index (χ1n) is 5.13. The molecule has 1 aromatic rings. The van der Waals surface area contributed by atoms with Gasteiger partial charge in [0.1, 0.15) is 11.4 Å². The molecule has 3 N–H and O–H groups in total. The fourth-order valence-electron chi connectivity index (χ4n) is 1.49. The summed E-state index contributed by atoms with van der Waals surface area (Å²) in [4.78, 5) is 21.0. The van der Waals surface area contributed by atoms with Crippen molar-refractivity contribution in [3.63, 3.8) is 0 Å². The lowest BCUT2D eigenvalue weighted by molar-refractivity contribution is 0.0696. The van der Waals surface area contributed by atoms with Crippen LogP contribution in [0.4, 0.5) is 11.8 Å². The minimum absolute atomic E-state index is 0.0156. The summed E-state index contributed by atoms with van der Waals surface area (Å²) in [6.45, 7) is 7.07. The van der Waals surface area contributed by atoms with Gasteiger partial charge >= 0.3 is 5.97 Å². The maximum Gasteiger partial charge on any atom is 0.341 e. The number of nitrogens with two attached hydrogens (primary N) is 1. The molecular weight excluding hydrogens is 208 g/mol. The van der Waals surface area contributed by atoms with Gasteiger partial charge in [-0.2, -0.15) is 4.98 Å². The van der Waals surface area contributed by atoms with Gasteiger partial charge in [0, 0.05) is 13.1 Å². The Bertz CT molecular complexity index is 379. The summed E-state index contributed by atoms with van der Waals surface area (Å²) in [5.41, 5.74) is 5.98. The molecule has 6 nitrogen and oxygen atoms in total. The van der Waals surface area contributed by atoms with Crippen molar-refractivity contribution >= 4 is 17.7 Å². The molecule has 1 aromatic heterocycles. The predicted octanol–water partition coefficient (Wildman–Crippen LogP) is 0.912. The van der Waals surface area contributed by atoms with Crippen molar-refractivity contribution in [2.24, 2.45) is 0 Å². The van der Waals surface area contributed by atoms with E-state index in [0.29, 0.717) is 11.6 Å². The van der Waals surface area contributed by atoms with Gasteiger partial charge in [-0.1, -0.05) is 0 Å². The summed E-state index contributed by atoms with van der Waals surface area (Å²) in [5, 5.41) is 8.92. The fourth-order valence-corrected chi connectivity index (χ4v) is 1.49. The van der Waals surface area contributed by atoms with E-state index < -0.39 is 5.97 Å². The second-order valence-corrected chi connectivity index (χ2v) is 3.35. The van der Waals surface area contributed by atoms with Crippen LogP contribution in [0.1, 0.15) is 29.9 Å². The normalized spacial score (nSPS) is 10.2. The molecule has 6 heteroatoms. The third-order valence-electron chi connectivity index (χ3n) is 2.37. The highest BCUT2D eigenvalue weighted by Gasteiger charge is 2.17. The van der Waals surface area contributed by atoms with Gasteiger partial charge in [0.2, 0.25) is 5.95 Å². The first-order chi connectivity index (χ1) is 7.51. The van der Waals surface area contributed by atoms with Gasteiger partial charge in [-0.05, 0) is 20.8 Å². The largest absolute Gasteiger partial charge is 0.477 e. The smallest absolute Gasteiger partial charge is 0.341 e. The molecule has 1 heterocycles. The zero-order valence-corrected chi connectivity index (χ0v) is 9.69. The highest BCUT2D eigenvalue weighted by Crippen LogP contribution is 2.17. The maximum absolute atomic E-state index is 10.9. The van der Waals surface area contributed by atoms with Crippen LogP contribution in [0.25, 0.3) is 0 Å². The molecule has 1 rings (SSSR count). The number of anilines is 2. The quantitative estimate of drug-likeness (QED) is 0.789. The van der Waals surface area contributed by atoms with Crippen LogP contribution in [0.5, 0.6) is 0 Å². The Morgan fingerprint density at radius 1 is 1.38 bits per heavy atom.